The van der Waals surface area contributed by atoms with Crippen LogP contribution in [0.25, 0.3) is 11.0 Å². The minimum Gasteiger partial charge on any atom is -0.461 e. The molecule has 0 spiro atoms. The van der Waals surface area contributed by atoms with Gasteiger partial charge in [0, 0.05) is 43.5 Å². The fourth-order valence-electron chi connectivity index (χ4n) is 4.06. The van der Waals surface area contributed by atoms with Gasteiger partial charge in [-0.1, -0.05) is 18.2 Å². The molecule has 24 heavy (non-hydrogen) atoms. The molecule has 1 N–H and O–H groups in total. The first kappa shape index (κ1) is 15.5. The van der Waals surface area contributed by atoms with Crippen LogP contribution in [0.15, 0.2) is 34.7 Å². The quantitative estimate of drug-likeness (QED) is 0.943. The van der Waals surface area contributed by atoms with Crippen LogP contribution in [0.2, 0.25) is 0 Å². The maximum absolute atomic E-state index is 12.5. The van der Waals surface area contributed by atoms with Crippen LogP contribution in [-0.4, -0.2) is 54.6 Å². The number of amides is 2. The summed E-state index contributed by atoms with van der Waals surface area (Å²) in [5.74, 6) is 0.922. The Bertz CT molecular complexity index is 693. The first-order valence-corrected chi connectivity index (χ1v) is 8.93. The van der Waals surface area contributed by atoms with Gasteiger partial charge in [0.2, 0.25) is 0 Å². The number of hydrogen-bond acceptors (Lipinski definition) is 3. The average Bonchev–Trinajstić information content (AvgIpc) is 3.07. The van der Waals surface area contributed by atoms with Crippen molar-refractivity contribution < 1.29 is 9.21 Å². The van der Waals surface area contributed by atoms with Crippen molar-refractivity contribution in [3.8, 4) is 0 Å². The Hall–Kier alpha value is -2.01. The lowest BCUT2D eigenvalue weighted by Gasteiger charge is -2.25. The number of likely N-dealkylation sites (tertiary alicyclic amines) is 1. The molecule has 5 nitrogen and oxygen atoms in total. The number of carbonyl (C=O) groups is 1. The molecule has 0 radical (unpaired) electrons. The zero-order chi connectivity index (χ0) is 16.5. The normalized spacial score (nSPS) is 24.3. The smallest absolute Gasteiger partial charge is 0.317 e. The lowest BCUT2D eigenvalue weighted by Crippen LogP contribution is -2.45. The standard InChI is InChI=1S/C19H25N3O2/c1-21-15-6-7-16(21)13-22(11-9-15)19(23)20-10-8-17-12-14-4-2-3-5-18(14)24-17/h2-5,12,15-16H,6-11,13H2,1H3,(H,20,23). The van der Waals surface area contributed by atoms with E-state index < -0.39 is 0 Å². The summed E-state index contributed by atoms with van der Waals surface area (Å²) in [6, 6.07) is 11.3. The lowest BCUT2D eigenvalue weighted by molar-refractivity contribution is 0.188. The van der Waals surface area contributed by atoms with Gasteiger partial charge in [-0.15, -0.1) is 0 Å². The van der Waals surface area contributed by atoms with Gasteiger partial charge in [0.25, 0.3) is 0 Å². The Morgan fingerprint density at radius 1 is 1.25 bits per heavy atom. The molecule has 2 atom stereocenters. The molecule has 2 bridgehead atoms. The predicted octanol–water partition coefficient (Wildman–Crippen LogP) is 2.85. The number of hydrogen-bond donors (Lipinski definition) is 1. The summed E-state index contributed by atoms with van der Waals surface area (Å²) in [5.41, 5.74) is 0.908. The Morgan fingerprint density at radius 3 is 2.96 bits per heavy atom. The Balaban J connectivity index is 1.30. The molecule has 2 saturated heterocycles. The third-order valence-corrected chi connectivity index (χ3v) is 5.56. The van der Waals surface area contributed by atoms with Gasteiger partial charge in [-0.3, -0.25) is 4.90 Å². The molecule has 4 rings (SSSR count). The number of nitrogens with one attached hydrogen (secondary N) is 1. The number of furan rings is 1. The van der Waals surface area contributed by atoms with E-state index in [1.807, 2.05) is 29.2 Å². The second kappa shape index (κ2) is 6.48. The average molecular weight is 327 g/mol. The van der Waals surface area contributed by atoms with Crippen LogP contribution in [-0.2, 0) is 6.42 Å². The monoisotopic (exact) mass is 327 g/mol. The number of benzene rings is 1. The van der Waals surface area contributed by atoms with E-state index in [0.29, 0.717) is 18.6 Å². The van der Waals surface area contributed by atoms with E-state index >= 15 is 0 Å². The van der Waals surface area contributed by atoms with Crippen molar-refractivity contribution in [1.29, 1.82) is 0 Å². The van der Waals surface area contributed by atoms with E-state index in [1.165, 1.54) is 12.8 Å². The largest absolute Gasteiger partial charge is 0.461 e. The molecule has 128 valence electrons. The number of carbonyl (C=O) groups excluding carboxylic acids is 1. The SMILES string of the molecule is CN1C2CCC1CN(C(=O)NCCc1cc3ccccc3o1)CC2. The van der Waals surface area contributed by atoms with Gasteiger partial charge >= 0.3 is 6.03 Å². The minimum absolute atomic E-state index is 0.0621. The van der Waals surface area contributed by atoms with Crippen molar-refractivity contribution in [1.82, 2.24) is 15.1 Å². The molecule has 0 saturated carbocycles. The number of rotatable bonds is 3. The maximum atomic E-state index is 12.5. The molecule has 1 aromatic carbocycles. The van der Waals surface area contributed by atoms with E-state index in [-0.39, 0.29) is 6.03 Å². The van der Waals surface area contributed by atoms with Crippen LogP contribution < -0.4 is 5.32 Å². The van der Waals surface area contributed by atoms with E-state index in [0.717, 1.165) is 42.7 Å². The molecule has 2 aromatic rings. The molecular weight excluding hydrogens is 302 g/mol. The second-order valence-electron chi connectivity index (χ2n) is 7.02. The van der Waals surface area contributed by atoms with Crippen LogP contribution in [0.5, 0.6) is 0 Å². The number of urea groups is 1. The van der Waals surface area contributed by atoms with E-state index in [2.05, 4.69) is 23.3 Å². The molecule has 3 heterocycles. The highest BCUT2D eigenvalue weighted by molar-refractivity contribution is 5.77. The first-order valence-electron chi connectivity index (χ1n) is 8.93. The van der Waals surface area contributed by atoms with Crippen molar-refractivity contribution >= 4 is 17.0 Å². The van der Waals surface area contributed by atoms with Gasteiger partial charge in [0.1, 0.15) is 11.3 Å². The summed E-state index contributed by atoms with van der Waals surface area (Å²) in [6.07, 6.45) is 4.30. The highest BCUT2D eigenvalue weighted by Gasteiger charge is 2.35. The van der Waals surface area contributed by atoms with Gasteiger partial charge in [-0.05, 0) is 38.4 Å². The van der Waals surface area contributed by atoms with Gasteiger partial charge < -0.3 is 14.6 Å². The summed E-state index contributed by atoms with van der Waals surface area (Å²) in [5, 5.41) is 4.17. The second-order valence-corrected chi connectivity index (χ2v) is 7.02. The zero-order valence-electron chi connectivity index (χ0n) is 14.2. The maximum Gasteiger partial charge on any atom is 0.317 e. The molecule has 1 aromatic heterocycles. The third-order valence-electron chi connectivity index (χ3n) is 5.56. The van der Waals surface area contributed by atoms with Crippen LogP contribution in [0.1, 0.15) is 25.0 Å². The predicted molar refractivity (Wildman–Crippen MR) is 94.1 cm³/mol. The highest BCUT2D eigenvalue weighted by atomic mass is 16.3. The topological polar surface area (TPSA) is 48.7 Å². The van der Waals surface area contributed by atoms with Gasteiger partial charge in [-0.2, -0.15) is 0 Å². The molecule has 2 aliphatic heterocycles. The molecule has 5 heteroatoms. The molecule has 2 amide bonds. The summed E-state index contributed by atoms with van der Waals surface area (Å²) < 4.78 is 5.80. The van der Waals surface area contributed by atoms with Gasteiger partial charge in [-0.25, -0.2) is 4.79 Å². The first-order chi connectivity index (χ1) is 11.7. The van der Waals surface area contributed by atoms with Crippen molar-refractivity contribution in [2.75, 3.05) is 26.7 Å². The third kappa shape index (κ3) is 3.00. The van der Waals surface area contributed by atoms with Gasteiger partial charge in [0.05, 0.1) is 0 Å². The van der Waals surface area contributed by atoms with Crippen molar-refractivity contribution in [3.63, 3.8) is 0 Å². The highest BCUT2D eigenvalue weighted by Crippen LogP contribution is 2.28. The van der Waals surface area contributed by atoms with Crippen molar-refractivity contribution in [3.05, 3.63) is 36.1 Å². The molecular formula is C19H25N3O2. The number of likely N-dealkylation sites (N-methyl/N-ethyl adjacent to an activating group) is 1. The molecule has 0 aliphatic carbocycles. The minimum atomic E-state index is 0.0621. The van der Waals surface area contributed by atoms with Crippen LogP contribution in [0, 0.1) is 0 Å². The number of nitrogens with zero attached hydrogens (tertiary/aromatic N) is 2. The number of fused-ring (bicyclic) bond motifs is 3. The van der Waals surface area contributed by atoms with Crippen molar-refractivity contribution in [2.45, 2.75) is 37.8 Å². The van der Waals surface area contributed by atoms with Crippen LogP contribution in [0.3, 0.4) is 0 Å². The lowest BCUT2D eigenvalue weighted by atomic mass is 10.1. The Kier molecular flexibility index (Phi) is 4.19. The van der Waals surface area contributed by atoms with E-state index in [1.54, 1.807) is 0 Å². The fourth-order valence-corrected chi connectivity index (χ4v) is 4.06. The summed E-state index contributed by atoms with van der Waals surface area (Å²) in [6.45, 7) is 2.32. The van der Waals surface area contributed by atoms with Crippen molar-refractivity contribution in [2.24, 2.45) is 0 Å². The molecule has 2 unspecified atom stereocenters. The Labute approximate surface area is 142 Å². The molecule has 2 fully saturated rings. The summed E-state index contributed by atoms with van der Waals surface area (Å²) in [7, 11) is 2.20. The fraction of sp³-hybridized carbons (Fsp3) is 0.526. The zero-order valence-corrected chi connectivity index (χ0v) is 14.2. The number of para-hydroxylation sites is 1. The van der Waals surface area contributed by atoms with E-state index in [4.69, 9.17) is 4.42 Å². The van der Waals surface area contributed by atoms with Gasteiger partial charge in [0.15, 0.2) is 0 Å². The van der Waals surface area contributed by atoms with E-state index in [9.17, 15) is 4.79 Å². The Morgan fingerprint density at radius 2 is 2.08 bits per heavy atom. The summed E-state index contributed by atoms with van der Waals surface area (Å²) >= 11 is 0. The molecule has 2 aliphatic rings. The summed E-state index contributed by atoms with van der Waals surface area (Å²) in [4.78, 5) is 16.9. The van der Waals surface area contributed by atoms with Crippen LogP contribution >= 0.6 is 0 Å². The van der Waals surface area contributed by atoms with Crippen LogP contribution in [0.4, 0.5) is 4.79 Å².